The molecular formula is C24H33BrN6O5S. The molecule has 3 amide bonds. The maximum Gasteiger partial charge on any atom is 0.415 e. The third-order valence-electron chi connectivity index (χ3n) is 4.96. The van der Waals surface area contributed by atoms with Crippen molar-refractivity contribution in [2.75, 3.05) is 28.6 Å². The van der Waals surface area contributed by atoms with E-state index < -0.39 is 29.3 Å². The normalized spacial score (nSPS) is 16.0. The number of hydrogen-bond donors (Lipinski definition) is 3. The zero-order valence-electron chi connectivity index (χ0n) is 21.8. The summed E-state index contributed by atoms with van der Waals surface area (Å²) in [6.45, 7) is 12.1. The van der Waals surface area contributed by atoms with Gasteiger partial charge in [0.15, 0.2) is 9.61 Å². The summed E-state index contributed by atoms with van der Waals surface area (Å²) in [5, 5.41) is 8.91. The fourth-order valence-electron chi connectivity index (χ4n) is 3.61. The largest absolute Gasteiger partial charge is 0.444 e. The van der Waals surface area contributed by atoms with E-state index in [4.69, 9.17) is 9.47 Å². The molecule has 37 heavy (non-hydrogen) atoms. The zero-order chi connectivity index (χ0) is 27.4. The lowest BCUT2D eigenvalue weighted by atomic mass is 10.1. The van der Waals surface area contributed by atoms with Gasteiger partial charge < -0.3 is 20.1 Å². The molecular weight excluding hydrogens is 564 g/mol. The van der Waals surface area contributed by atoms with Crippen LogP contribution in [0.5, 0.6) is 0 Å². The van der Waals surface area contributed by atoms with Crippen LogP contribution in [-0.2, 0) is 9.47 Å². The Morgan fingerprint density at radius 3 is 2.46 bits per heavy atom. The Hall–Kier alpha value is -2.77. The van der Waals surface area contributed by atoms with Gasteiger partial charge in [0.2, 0.25) is 0 Å². The van der Waals surface area contributed by atoms with E-state index in [0.29, 0.717) is 21.8 Å². The smallest absolute Gasteiger partial charge is 0.415 e. The SMILES string of the molecule is CC(C)(C)OC(=O)Nc1sc(Br)nc1C(=O)Nc1cnccc1N(C(=O)OC(C)(C)C)[C@H]1CCCNC1. The number of hydrogen-bond acceptors (Lipinski definition) is 9. The number of thiazole rings is 1. The van der Waals surface area contributed by atoms with Crippen molar-refractivity contribution in [1.82, 2.24) is 15.3 Å². The number of halogens is 1. The standard InChI is InChI=1S/C24H33BrN6O5S/c1-23(2,3)35-21(33)30-19-17(29-20(25)37-19)18(32)28-15-13-27-11-9-16(15)31(14-8-7-10-26-12-14)22(34)36-24(4,5)6/h9,11,13-14,26H,7-8,10,12H2,1-6H3,(H,28,32)(H,30,33)/t14-/m0/s1. The molecule has 0 radical (unpaired) electrons. The number of nitrogens with zero attached hydrogens (tertiary/aromatic N) is 3. The van der Waals surface area contributed by atoms with Crippen LogP contribution in [0, 0.1) is 0 Å². The molecule has 1 fully saturated rings. The summed E-state index contributed by atoms with van der Waals surface area (Å²) in [6, 6.07) is 1.48. The molecule has 11 nitrogen and oxygen atoms in total. The molecule has 0 bridgehead atoms. The molecule has 202 valence electrons. The molecule has 2 aromatic heterocycles. The Morgan fingerprint density at radius 2 is 1.84 bits per heavy atom. The predicted octanol–water partition coefficient (Wildman–Crippen LogP) is 5.39. The number of anilines is 3. The van der Waals surface area contributed by atoms with Crippen molar-refractivity contribution in [3.8, 4) is 0 Å². The highest BCUT2D eigenvalue weighted by Gasteiger charge is 2.33. The molecule has 3 rings (SSSR count). The Morgan fingerprint density at radius 1 is 1.14 bits per heavy atom. The minimum Gasteiger partial charge on any atom is -0.444 e. The average molecular weight is 598 g/mol. The molecule has 0 aromatic carbocycles. The van der Waals surface area contributed by atoms with Crippen LogP contribution in [-0.4, -0.2) is 58.4 Å². The lowest BCUT2D eigenvalue weighted by Crippen LogP contribution is -2.50. The number of carbonyl (C=O) groups is 3. The van der Waals surface area contributed by atoms with Gasteiger partial charge in [0.05, 0.1) is 23.6 Å². The summed E-state index contributed by atoms with van der Waals surface area (Å²) in [7, 11) is 0. The van der Waals surface area contributed by atoms with E-state index in [1.54, 1.807) is 58.7 Å². The van der Waals surface area contributed by atoms with Crippen molar-refractivity contribution in [3.05, 3.63) is 28.1 Å². The van der Waals surface area contributed by atoms with Gasteiger partial charge in [0.1, 0.15) is 16.2 Å². The molecule has 0 saturated carbocycles. The van der Waals surface area contributed by atoms with Gasteiger partial charge in [-0.15, -0.1) is 0 Å². The highest BCUT2D eigenvalue weighted by molar-refractivity contribution is 9.11. The quantitative estimate of drug-likeness (QED) is 0.418. The van der Waals surface area contributed by atoms with Crippen LogP contribution in [0.25, 0.3) is 0 Å². The van der Waals surface area contributed by atoms with Gasteiger partial charge in [-0.25, -0.2) is 14.6 Å². The van der Waals surface area contributed by atoms with Crippen LogP contribution in [0.1, 0.15) is 64.9 Å². The van der Waals surface area contributed by atoms with E-state index in [2.05, 4.69) is 41.8 Å². The first-order valence-electron chi connectivity index (χ1n) is 11.9. The molecule has 0 spiro atoms. The zero-order valence-corrected chi connectivity index (χ0v) is 24.2. The lowest BCUT2D eigenvalue weighted by Gasteiger charge is -2.36. The van der Waals surface area contributed by atoms with E-state index in [1.165, 1.54) is 6.20 Å². The minimum atomic E-state index is -0.710. The highest BCUT2D eigenvalue weighted by Crippen LogP contribution is 2.33. The van der Waals surface area contributed by atoms with Crippen molar-refractivity contribution < 1.29 is 23.9 Å². The summed E-state index contributed by atoms with van der Waals surface area (Å²) in [6.07, 6.45) is 3.44. The summed E-state index contributed by atoms with van der Waals surface area (Å²) >= 11 is 4.35. The second-order valence-electron chi connectivity index (χ2n) is 10.5. The molecule has 1 atom stereocenters. The second kappa shape index (κ2) is 11.7. The van der Waals surface area contributed by atoms with Crippen LogP contribution in [0.15, 0.2) is 22.4 Å². The molecule has 1 saturated heterocycles. The molecule has 1 aliphatic heterocycles. The van der Waals surface area contributed by atoms with Gasteiger partial charge >= 0.3 is 12.2 Å². The molecule has 0 unspecified atom stereocenters. The van der Waals surface area contributed by atoms with Crippen molar-refractivity contribution in [2.24, 2.45) is 0 Å². The number of ether oxygens (including phenoxy) is 2. The van der Waals surface area contributed by atoms with Crippen molar-refractivity contribution >= 4 is 61.7 Å². The maximum atomic E-state index is 13.3. The molecule has 2 aromatic rings. The number of piperidine rings is 1. The van der Waals surface area contributed by atoms with Crippen LogP contribution >= 0.6 is 27.3 Å². The first kappa shape index (κ1) is 28.8. The summed E-state index contributed by atoms with van der Waals surface area (Å²) < 4.78 is 11.4. The van der Waals surface area contributed by atoms with Gasteiger partial charge in [0.25, 0.3) is 5.91 Å². The van der Waals surface area contributed by atoms with Crippen molar-refractivity contribution in [3.63, 3.8) is 0 Å². The topological polar surface area (TPSA) is 135 Å². The lowest BCUT2D eigenvalue weighted by molar-refractivity contribution is 0.0558. The van der Waals surface area contributed by atoms with Gasteiger partial charge in [-0.2, -0.15) is 0 Å². The van der Waals surface area contributed by atoms with Gasteiger partial charge in [-0.1, -0.05) is 11.3 Å². The number of pyridine rings is 1. The number of amides is 3. The Labute approximate surface area is 228 Å². The molecule has 0 aliphatic carbocycles. The Bertz CT molecular complexity index is 1140. The van der Waals surface area contributed by atoms with Crippen molar-refractivity contribution in [1.29, 1.82) is 0 Å². The minimum absolute atomic E-state index is 0.0133. The first-order chi connectivity index (χ1) is 17.2. The molecule has 1 aliphatic rings. The summed E-state index contributed by atoms with van der Waals surface area (Å²) in [5.41, 5.74) is -0.680. The van der Waals surface area contributed by atoms with E-state index in [9.17, 15) is 14.4 Å². The summed E-state index contributed by atoms with van der Waals surface area (Å²) in [5.74, 6) is -0.590. The van der Waals surface area contributed by atoms with Crippen LogP contribution in [0.4, 0.5) is 26.0 Å². The first-order valence-corrected chi connectivity index (χ1v) is 13.5. The van der Waals surface area contributed by atoms with Crippen molar-refractivity contribution in [2.45, 2.75) is 71.6 Å². The number of rotatable bonds is 5. The summed E-state index contributed by atoms with van der Waals surface area (Å²) in [4.78, 5) is 48.9. The van der Waals surface area contributed by atoms with Crippen LogP contribution < -0.4 is 20.9 Å². The van der Waals surface area contributed by atoms with Crippen LogP contribution in [0.3, 0.4) is 0 Å². The Balaban J connectivity index is 1.90. The van der Waals surface area contributed by atoms with E-state index >= 15 is 0 Å². The van der Waals surface area contributed by atoms with E-state index in [1.807, 2.05) is 0 Å². The Kier molecular flexibility index (Phi) is 9.13. The molecule has 3 heterocycles. The highest BCUT2D eigenvalue weighted by atomic mass is 79.9. The predicted molar refractivity (Wildman–Crippen MR) is 146 cm³/mol. The monoisotopic (exact) mass is 596 g/mol. The third-order valence-corrected chi connectivity index (χ3v) is 6.38. The maximum absolute atomic E-state index is 13.3. The molecule has 3 N–H and O–H groups in total. The van der Waals surface area contributed by atoms with Gasteiger partial charge in [0, 0.05) is 12.7 Å². The average Bonchev–Trinajstić information content (AvgIpc) is 3.13. The number of aromatic nitrogens is 2. The number of nitrogens with one attached hydrogen (secondary N) is 3. The van der Waals surface area contributed by atoms with E-state index in [-0.39, 0.29) is 16.7 Å². The van der Waals surface area contributed by atoms with Gasteiger partial charge in [-0.05, 0) is 82.9 Å². The van der Waals surface area contributed by atoms with E-state index in [0.717, 1.165) is 30.7 Å². The van der Waals surface area contributed by atoms with Crippen LogP contribution in [0.2, 0.25) is 0 Å². The fourth-order valence-corrected chi connectivity index (χ4v) is 4.95. The second-order valence-corrected chi connectivity index (χ2v) is 12.7. The molecule has 13 heteroatoms. The fraction of sp³-hybridized carbons (Fsp3) is 0.542. The number of carbonyl (C=O) groups excluding carboxylic acids is 3. The third kappa shape index (κ3) is 8.37. The van der Waals surface area contributed by atoms with Gasteiger partial charge in [-0.3, -0.25) is 20.0 Å².